The molecule has 2 heterocycles. The van der Waals surface area contributed by atoms with E-state index in [2.05, 4.69) is 68.1 Å². The Labute approximate surface area is 275 Å². The number of aromatic nitrogens is 2. The Morgan fingerprint density at radius 1 is 0.978 bits per heavy atom. The molecule has 4 aromatic rings. The zero-order chi connectivity index (χ0) is 33.8. The number of rotatable bonds is 13. The number of benzene rings is 2. The van der Waals surface area contributed by atoms with Crippen LogP contribution in [0.5, 0.6) is 0 Å². The van der Waals surface area contributed by atoms with Gasteiger partial charge in [-0.2, -0.15) is 0 Å². The van der Waals surface area contributed by atoms with Crippen LogP contribution in [-0.4, -0.2) is 61.9 Å². The third-order valence-electron chi connectivity index (χ3n) is 8.46. The molecule has 0 aliphatic rings. The molecule has 0 fully saturated rings. The summed E-state index contributed by atoms with van der Waals surface area (Å²) < 4.78 is 39.7. The van der Waals surface area contributed by atoms with Crippen LogP contribution < -0.4 is 0 Å². The maximum atomic E-state index is 13.4. The van der Waals surface area contributed by atoms with Gasteiger partial charge in [0.1, 0.15) is 5.60 Å². The Morgan fingerprint density at radius 3 is 2.35 bits per heavy atom. The number of ether oxygens (including phenoxy) is 1. The number of hydrogen-bond acceptors (Lipinski definition) is 6. The number of para-hydroxylation sites is 1. The minimum absolute atomic E-state index is 0.137. The van der Waals surface area contributed by atoms with Crippen molar-refractivity contribution in [2.24, 2.45) is 0 Å². The lowest BCUT2D eigenvalue weighted by atomic mass is 10.1. The molecule has 0 aliphatic carbocycles. The van der Waals surface area contributed by atoms with Crippen molar-refractivity contribution in [1.29, 1.82) is 0 Å². The van der Waals surface area contributed by atoms with E-state index in [0.717, 1.165) is 30.6 Å². The summed E-state index contributed by atoms with van der Waals surface area (Å²) in [6.45, 7) is 19.6. The van der Waals surface area contributed by atoms with E-state index < -0.39 is 29.9 Å². The van der Waals surface area contributed by atoms with Crippen molar-refractivity contribution < 1.29 is 22.4 Å². The molecule has 0 unspecified atom stereocenters. The smallest absolute Gasteiger partial charge is 0.331 e. The number of nitrogens with zero attached hydrogens (tertiary/aromatic N) is 2. The zero-order valence-corrected chi connectivity index (χ0v) is 30.3. The molecule has 2 aromatic carbocycles. The number of esters is 1. The fourth-order valence-electron chi connectivity index (χ4n) is 4.82. The molecule has 0 saturated heterocycles. The summed E-state index contributed by atoms with van der Waals surface area (Å²) in [5.74, 6) is -0.485. The molecule has 4 rings (SSSR count). The molecule has 0 saturated carbocycles. The van der Waals surface area contributed by atoms with Crippen LogP contribution in [0.15, 0.2) is 84.2 Å². The first-order valence-electron chi connectivity index (χ1n) is 15.8. The van der Waals surface area contributed by atoms with Gasteiger partial charge in [0, 0.05) is 61.8 Å². The van der Waals surface area contributed by atoms with Gasteiger partial charge in [0.05, 0.1) is 4.90 Å². The van der Waals surface area contributed by atoms with E-state index in [9.17, 15) is 13.2 Å². The molecule has 8 nitrogen and oxygen atoms in total. The van der Waals surface area contributed by atoms with Crippen LogP contribution in [0.2, 0.25) is 18.1 Å². The summed E-state index contributed by atoms with van der Waals surface area (Å²) in [5.41, 5.74) is 3.42. The first-order valence-corrected chi connectivity index (χ1v) is 20.1. The topological polar surface area (TPSA) is 93.6 Å². The van der Waals surface area contributed by atoms with Gasteiger partial charge in [-0.15, -0.1) is 0 Å². The minimum atomic E-state index is -3.80. The van der Waals surface area contributed by atoms with Gasteiger partial charge in [0.2, 0.25) is 0 Å². The number of aromatic amines is 1. The van der Waals surface area contributed by atoms with Crippen LogP contribution in [-0.2, 0) is 36.9 Å². The van der Waals surface area contributed by atoms with E-state index in [1.54, 1.807) is 45.0 Å². The second-order valence-corrected chi connectivity index (χ2v) is 20.9. The minimum Gasteiger partial charge on any atom is -0.457 e. The van der Waals surface area contributed by atoms with E-state index >= 15 is 0 Å². The Balaban J connectivity index is 1.45. The Kier molecular flexibility index (Phi) is 10.9. The largest absolute Gasteiger partial charge is 0.457 e. The molecule has 0 radical (unpaired) electrons. The van der Waals surface area contributed by atoms with Gasteiger partial charge in [-0.3, -0.25) is 4.90 Å². The lowest BCUT2D eigenvalue weighted by molar-refractivity contribution is -0.148. The van der Waals surface area contributed by atoms with Crippen LogP contribution in [0.1, 0.15) is 58.2 Å². The van der Waals surface area contributed by atoms with Crippen molar-refractivity contribution in [1.82, 2.24) is 13.9 Å². The van der Waals surface area contributed by atoms with Crippen molar-refractivity contribution >= 4 is 41.3 Å². The fourth-order valence-corrected chi connectivity index (χ4v) is 7.06. The molecule has 248 valence electrons. The predicted molar refractivity (Wildman–Crippen MR) is 189 cm³/mol. The molecule has 0 aliphatic heterocycles. The molecule has 0 spiro atoms. The average molecular weight is 664 g/mol. The van der Waals surface area contributed by atoms with Crippen molar-refractivity contribution in [3.63, 3.8) is 0 Å². The van der Waals surface area contributed by atoms with E-state index in [0.29, 0.717) is 18.7 Å². The molecule has 0 atom stereocenters. The normalized spacial score (nSPS) is 13.2. The zero-order valence-electron chi connectivity index (χ0n) is 28.5. The monoisotopic (exact) mass is 663 g/mol. The molecule has 1 N–H and O–H groups in total. The summed E-state index contributed by atoms with van der Waals surface area (Å²) in [7, 11) is -5.69. The maximum Gasteiger partial charge on any atom is 0.331 e. The third kappa shape index (κ3) is 9.31. The summed E-state index contributed by atoms with van der Waals surface area (Å²) in [5, 5.41) is 1.38. The summed E-state index contributed by atoms with van der Waals surface area (Å²) in [6, 6.07) is 17.1. The van der Waals surface area contributed by atoms with E-state index in [1.807, 2.05) is 18.2 Å². The van der Waals surface area contributed by atoms with Crippen molar-refractivity contribution in [3.8, 4) is 0 Å². The third-order valence-corrected chi connectivity index (χ3v) is 14.7. The van der Waals surface area contributed by atoms with Gasteiger partial charge in [-0.25, -0.2) is 17.2 Å². The lowest BCUT2D eigenvalue weighted by Gasteiger charge is -2.37. The maximum absolute atomic E-state index is 13.4. The number of nitrogens with one attached hydrogen (secondary N) is 1. The molecule has 0 amide bonds. The van der Waals surface area contributed by atoms with Gasteiger partial charge in [0.25, 0.3) is 10.0 Å². The quantitative estimate of drug-likeness (QED) is 0.0899. The molecule has 0 bridgehead atoms. The molecular weight excluding hydrogens is 615 g/mol. The highest BCUT2D eigenvalue weighted by Gasteiger charge is 2.37. The molecular formula is C36H49N3O5SSi. The van der Waals surface area contributed by atoms with Crippen LogP contribution in [0.4, 0.5) is 0 Å². The van der Waals surface area contributed by atoms with Crippen LogP contribution >= 0.6 is 0 Å². The Morgan fingerprint density at radius 2 is 1.67 bits per heavy atom. The van der Waals surface area contributed by atoms with Gasteiger partial charge in [-0.1, -0.05) is 51.1 Å². The average Bonchev–Trinajstić information content (AvgIpc) is 3.61. The van der Waals surface area contributed by atoms with Crippen LogP contribution in [0.25, 0.3) is 17.0 Å². The highest BCUT2D eigenvalue weighted by molar-refractivity contribution is 7.90. The molecule has 2 aromatic heterocycles. The van der Waals surface area contributed by atoms with Crippen molar-refractivity contribution in [2.45, 2.75) is 83.1 Å². The van der Waals surface area contributed by atoms with E-state index in [4.69, 9.17) is 9.16 Å². The van der Waals surface area contributed by atoms with Gasteiger partial charge < -0.3 is 14.1 Å². The standard InChI is InChI=1S/C36H49N3O5SSi/c1-35(2,3)44-34(40)18-15-29-19-22-39(27-29)45(41,42)31-16-13-28(14-17-31)26-38(23-24-43-46(7,8)36(4,5)6)21-20-30-25-37-33-12-10-9-11-32(30)33/h9-19,22,25,27,37H,20-21,23-24,26H2,1-8H3. The lowest BCUT2D eigenvalue weighted by Crippen LogP contribution is -2.43. The molecule has 46 heavy (non-hydrogen) atoms. The van der Waals surface area contributed by atoms with E-state index in [-0.39, 0.29) is 9.93 Å². The van der Waals surface area contributed by atoms with Crippen molar-refractivity contribution in [2.75, 3.05) is 19.7 Å². The number of fused-ring (bicyclic) bond motifs is 1. The number of carbonyl (C=O) groups excluding carboxylic acids is 1. The summed E-state index contributed by atoms with van der Waals surface area (Å²) in [4.78, 5) is 18.0. The first-order chi connectivity index (χ1) is 21.4. The van der Waals surface area contributed by atoms with E-state index in [1.165, 1.54) is 33.4 Å². The SMILES string of the molecule is CC(C)(C)OC(=O)C=Cc1ccn(S(=O)(=O)c2ccc(CN(CCO[Si](C)(C)C(C)(C)C)CCc3c[nH]c4ccccc34)cc2)c1. The Hall–Kier alpha value is -3.44. The number of H-pyrrole nitrogens is 1. The highest BCUT2D eigenvalue weighted by Crippen LogP contribution is 2.36. The summed E-state index contributed by atoms with van der Waals surface area (Å²) in [6.07, 6.45) is 8.78. The van der Waals surface area contributed by atoms with Gasteiger partial charge in [-0.05, 0) is 92.4 Å². The second-order valence-electron chi connectivity index (χ2n) is 14.3. The number of carbonyl (C=O) groups is 1. The van der Waals surface area contributed by atoms with Crippen molar-refractivity contribution in [3.05, 3.63) is 96.0 Å². The van der Waals surface area contributed by atoms with Crippen LogP contribution in [0, 0.1) is 0 Å². The Bertz CT molecular complexity index is 1760. The predicted octanol–water partition coefficient (Wildman–Crippen LogP) is 7.63. The van der Waals surface area contributed by atoms with Gasteiger partial charge in [0.15, 0.2) is 8.32 Å². The second kappa shape index (κ2) is 14.1. The summed E-state index contributed by atoms with van der Waals surface area (Å²) >= 11 is 0. The van der Waals surface area contributed by atoms with Crippen LogP contribution in [0.3, 0.4) is 0 Å². The van der Waals surface area contributed by atoms with Gasteiger partial charge >= 0.3 is 5.97 Å². The fraction of sp³-hybridized carbons (Fsp3) is 0.417. The number of hydrogen-bond donors (Lipinski definition) is 1. The highest BCUT2D eigenvalue weighted by atomic mass is 32.2. The molecule has 10 heteroatoms. The first kappa shape index (κ1) is 35.4.